The highest BCUT2D eigenvalue weighted by molar-refractivity contribution is 9.10. The summed E-state index contributed by atoms with van der Waals surface area (Å²) >= 11 is 11.1. The number of carbonyl (C=O) groups is 1. The largest absolute Gasteiger partial charge is 0.331 e. The molecule has 1 fully saturated rings. The molecule has 2 aromatic rings. The number of rotatable bonds is 2. The Kier molecular flexibility index (Phi) is 4.15. The highest BCUT2D eigenvalue weighted by Gasteiger charge is 2.32. The van der Waals surface area contributed by atoms with E-state index in [1.807, 2.05) is 28.5 Å². The van der Waals surface area contributed by atoms with E-state index < -0.39 is 0 Å². The molecular formula is C15H13BrClNOS. The lowest BCUT2D eigenvalue weighted by Crippen LogP contribution is -2.30. The van der Waals surface area contributed by atoms with Crippen LogP contribution in [0.2, 0.25) is 5.02 Å². The zero-order chi connectivity index (χ0) is 14.1. The molecule has 1 unspecified atom stereocenters. The van der Waals surface area contributed by atoms with Gasteiger partial charge in [-0.3, -0.25) is 4.79 Å². The van der Waals surface area contributed by atoms with Crippen LogP contribution >= 0.6 is 38.9 Å². The number of hydrogen-bond donors (Lipinski definition) is 0. The molecule has 1 saturated heterocycles. The van der Waals surface area contributed by atoms with E-state index in [4.69, 9.17) is 11.6 Å². The van der Waals surface area contributed by atoms with Crippen LogP contribution in [0.15, 0.2) is 40.2 Å². The van der Waals surface area contributed by atoms with Gasteiger partial charge >= 0.3 is 0 Å². The molecule has 1 aliphatic heterocycles. The number of amides is 1. The lowest BCUT2D eigenvalue weighted by atomic mass is 10.0. The predicted octanol–water partition coefficient (Wildman–Crippen LogP) is 5.14. The van der Waals surface area contributed by atoms with E-state index in [-0.39, 0.29) is 11.9 Å². The van der Waals surface area contributed by atoms with Crippen molar-refractivity contribution in [2.75, 3.05) is 6.54 Å². The number of thiophene rings is 1. The van der Waals surface area contributed by atoms with Crippen molar-refractivity contribution in [3.63, 3.8) is 0 Å². The van der Waals surface area contributed by atoms with E-state index >= 15 is 0 Å². The Hall–Kier alpha value is -0.840. The molecule has 20 heavy (non-hydrogen) atoms. The van der Waals surface area contributed by atoms with E-state index in [1.54, 1.807) is 6.07 Å². The highest BCUT2D eigenvalue weighted by atomic mass is 79.9. The van der Waals surface area contributed by atoms with Crippen molar-refractivity contribution in [2.24, 2.45) is 0 Å². The first kappa shape index (κ1) is 14.1. The van der Waals surface area contributed by atoms with Crippen molar-refractivity contribution >= 4 is 44.8 Å². The summed E-state index contributed by atoms with van der Waals surface area (Å²) in [6.07, 6.45) is 2.03. The van der Waals surface area contributed by atoms with Gasteiger partial charge in [-0.1, -0.05) is 45.7 Å². The minimum absolute atomic E-state index is 0.0447. The van der Waals surface area contributed by atoms with Gasteiger partial charge in [-0.2, -0.15) is 0 Å². The van der Waals surface area contributed by atoms with Crippen LogP contribution in [-0.4, -0.2) is 17.4 Å². The zero-order valence-electron chi connectivity index (χ0n) is 10.7. The van der Waals surface area contributed by atoms with Gasteiger partial charge in [0.25, 0.3) is 5.91 Å². The quantitative estimate of drug-likeness (QED) is 0.716. The third-order valence-electron chi connectivity index (χ3n) is 3.59. The summed E-state index contributed by atoms with van der Waals surface area (Å²) in [5.74, 6) is 0.0447. The molecular weight excluding hydrogens is 358 g/mol. The van der Waals surface area contributed by atoms with Crippen LogP contribution in [0.4, 0.5) is 0 Å². The SMILES string of the molecule is O=C(c1sccc1Cl)N1CCCC1c1ccccc1Br. The van der Waals surface area contributed by atoms with Crippen molar-refractivity contribution in [2.45, 2.75) is 18.9 Å². The van der Waals surface area contributed by atoms with E-state index in [1.165, 1.54) is 16.9 Å². The molecule has 1 aromatic carbocycles. The van der Waals surface area contributed by atoms with Crippen LogP contribution in [0.5, 0.6) is 0 Å². The Morgan fingerprint density at radius 2 is 2.15 bits per heavy atom. The maximum absolute atomic E-state index is 12.7. The van der Waals surface area contributed by atoms with Gasteiger partial charge in [0.2, 0.25) is 0 Å². The molecule has 0 N–H and O–H groups in total. The second-order valence-electron chi connectivity index (χ2n) is 4.78. The van der Waals surface area contributed by atoms with E-state index in [9.17, 15) is 4.79 Å². The number of likely N-dealkylation sites (tertiary alicyclic amines) is 1. The maximum Gasteiger partial charge on any atom is 0.265 e. The van der Waals surface area contributed by atoms with Crippen molar-refractivity contribution < 1.29 is 4.79 Å². The van der Waals surface area contributed by atoms with Crippen molar-refractivity contribution in [3.05, 3.63) is 55.6 Å². The second-order valence-corrected chi connectivity index (χ2v) is 6.95. The molecule has 0 radical (unpaired) electrons. The topological polar surface area (TPSA) is 20.3 Å². The van der Waals surface area contributed by atoms with Crippen LogP contribution in [0, 0.1) is 0 Å². The molecule has 1 atom stereocenters. The van der Waals surface area contributed by atoms with Crippen molar-refractivity contribution in [1.29, 1.82) is 0 Å². The fraction of sp³-hybridized carbons (Fsp3) is 0.267. The highest BCUT2D eigenvalue weighted by Crippen LogP contribution is 2.38. The molecule has 1 aromatic heterocycles. The first-order valence-electron chi connectivity index (χ1n) is 6.47. The zero-order valence-corrected chi connectivity index (χ0v) is 13.8. The molecule has 2 heterocycles. The summed E-state index contributed by atoms with van der Waals surface area (Å²) in [4.78, 5) is 15.2. The maximum atomic E-state index is 12.7. The van der Waals surface area contributed by atoms with Gasteiger partial charge in [0.1, 0.15) is 4.88 Å². The summed E-state index contributed by atoms with van der Waals surface area (Å²) in [6.45, 7) is 0.791. The Morgan fingerprint density at radius 1 is 1.35 bits per heavy atom. The van der Waals surface area contributed by atoms with Crippen molar-refractivity contribution in [1.82, 2.24) is 4.90 Å². The average molecular weight is 371 g/mol. The van der Waals surface area contributed by atoms with Crippen LogP contribution in [0.25, 0.3) is 0 Å². The monoisotopic (exact) mass is 369 g/mol. The minimum atomic E-state index is 0.0447. The fourth-order valence-corrected chi connectivity index (χ4v) is 4.30. The summed E-state index contributed by atoms with van der Waals surface area (Å²) in [5.41, 5.74) is 1.17. The molecule has 104 valence electrons. The number of carbonyl (C=O) groups excluding carboxylic acids is 1. The standard InChI is InChI=1S/C15H13BrClNOS/c16-11-5-2-1-4-10(11)13-6-3-8-18(13)15(19)14-12(17)7-9-20-14/h1-2,4-5,7,9,13H,3,6,8H2. The van der Waals surface area contributed by atoms with Gasteiger partial charge < -0.3 is 4.90 Å². The lowest BCUT2D eigenvalue weighted by Gasteiger charge is -2.25. The summed E-state index contributed by atoms with van der Waals surface area (Å²) < 4.78 is 1.06. The Balaban J connectivity index is 1.92. The van der Waals surface area contributed by atoms with Crippen LogP contribution in [0.3, 0.4) is 0 Å². The number of hydrogen-bond acceptors (Lipinski definition) is 2. The van der Waals surface area contributed by atoms with Crippen LogP contribution in [-0.2, 0) is 0 Å². The first-order chi connectivity index (χ1) is 9.68. The lowest BCUT2D eigenvalue weighted by molar-refractivity contribution is 0.0740. The number of benzene rings is 1. The van der Waals surface area contributed by atoms with Gasteiger partial charge in [0.05, 0.1) is 11.1 Å². The van der Waals surface area contributed by atoms with Crippen molar-refractivity contribution in [3.8, 4) is 0 Å². The third-order valence-corrected chi connectivity index (χ3v) is 5.64. The predicted molar refractivity (Wildman–Crippen MR) is 86.5 cm³/mol. The summed E-state index contributed by atoms with van der Waals surface area (Å²) in [6, 6.07) is 10.0. The molecule has 0 spiro atoms. The smallest absolute Gasteiger partial charge is 0.265 e. The Morgan fingerprint density at radius 3 is 2.85 bits per heavy atom. The number of halogens is 2. The Bertz CT molecular complexity index is 642. The fourth-order valence-electron chi connectivity index (χ4n) is 2.66. The van der Waals surface area contributed by atoms with Crippen LogP contribution < -0.4 is 0 Å². The van der Waals surface area contributed by atoms with Gasteiger partial charge in [0, 0.05) is 11.0 Å². The molecule has 5 heteroatoms. The first-order valence-corrected chi connectivity index (χ1v) is 8.52. The van der Waals surface area contributed by atoms with E-state index in [2.05, 4.69) is 22.0 Å². The van der Waals surface area contributed by atoms with E-state index in [0.29, 0.717) is 9.90 Å². The minimum Gasteiger partial charge on any atom is -0.331 e. The third kappa shape index (κ3) is 2.52. The molecule has 1 amide bonds. The normalized spacial score (nSPS) is 18.5. The molecule has 0 aliphatic carbocycles. The molecule has 2 nitrogen and oxygen atoms in total. The van der Waals surface area contributed by atoms with Gasteiger partial charge in [-0.15, -0.1) is 11.3 Å². The molecule has 0 bridgehead atoms. The molecule has 3 rings (SSSR count). The average Bonchev–Trinajstić information content (AvgIpc) is 3.07. The van der Waals surface area contributed by atoms with Crippen LogP contribution in [0.1, 0.15) is 34.1 Å². The Labute approximate surface area is 135 Å². The second kappa shape index (κ2) is 5.88. The van der Waals surface area contributed by atoms with E-state index in [0.717, 1.165) is 23.9 Å². The summed E-state index contributed by atoms with van der Waals surface area (Å²) in [7, 11) is 0. The van der Waals surface area contributed by atoms with Gasteiger partial charge in [0.15, 0.2) is 0 Å². The molecule has 1 aliphatic rings. The summed E-state index contributed by atoms with van der Waals surface area (Å²) in [5, 5.41) is 2.41. The van der Waals surface area contributed by atoms with Gasteiger partial charge in [-0.05, 0) is 35.9 Å². The molecule has 0 saturated carbocycles. The number of nitrogens with zero attached hydrogens (tertiary/aromatic N) is 1. The van der Waals surface area contributed by atoms with Gasteiger partial charge in [-0.25, -0.2) is 0 Å².